The second-order valence-electron chi connectivity index (χ2n) is 5.41. The van der Waals surface area contributed by atoms with Gasteiger partial charge in [-0.05, 0) is 23.6 Å². The lowest BCUT2D eigenvalue weighted by Gasteiger charge is -2.08. The molecule has 2 rings (SSSR count). The van der Waals surface area contributed by atoms with Gasteiger partial charge in [-0.15, -0.1) is 0 Å². The summed E-state index contributed by atoms with van der Waals surface area (Å²) in [6, 6.07) is 6.92. The van der Waals surface area contributed by atoms with Gasteiger partial charge in [0.1, 0.15) is 6.07 Å². The molecule has 0 aliphatic heterocycles. The van der Waals surface area contributed by atoms with Crippen molar-refractivity contribution in [3.05, 3.63) is 28.2 Å². The topological polar surface area (TPSA) is 90.2 Å². The monoisotopic (exact) mass is 336 g/mol. The van der Waals surface area contributed by atoms with Crippen LogP contribution in [0.15, 0.2) is 22.7 Å². The van der Waals surface area contributed by atoms with Crippen LogP contribution >= 0.6 is 15.9 Å². The first-order valence-electron chi connectivity index (χ1n) is 6.02. The van der Waals surface area contributed by atoms with Gasteiger partial charge in [-0.1, -0.05) is 29.8 Å². The molecule has 6 heteroatoms. The first-order valence-corrected chi connectivity index (χ1v) is 6.81. The number of anilines is 1. The molecule has 20 heavy (non-hydrogen) atoms. The zero-order valence-corrected chi connectivity index (χ0v) is 12.6. The van der Waals surface area contributed by atoms with Gasteiger partial charge in [-0.3, -0.25) is 9.59 Å². The number of benzene rings is 1. The average Bonchev–Trinajstić information content (AvgIpc) is 2.94. The van der Waals surface area contributed by atoms with Crippen molar-refractivity contribution in [3.63, 3.8) is 0 Å². The highest BCUT2D eigenvalue weighted by Gasteiger charge is 2.65. The van der Waals surface area contributed by atoms with Crippen LogP contribution in [0.3, 0.4) is 0 Å². The molecule has 5 nitrogen and oxygen atoms in total. The van der Waals surface area contributed by atoms with Crippen molar-refractivity contribution in [2.75, 3.05) is 5.32 Å². The fourth-order valence-corrected chi connectivity index (χ4v) is 2.88. The van der Waals surface area contributed by atoms with E-state index in [1.807, 2.05) is 6.07 Å². The molecule has 1 aliphatic rings. The number of rotatable bonds is 3. The Labute approximate surface area is 124 Å². The summed E-state index contributed by atoms with van der Waals surface area (Å²) in [5.74, 6) is -2.58. The minimum Gasteiger partial charge on any atom is -0.481 e. The van der Waals surface area contributed by atoms with Crippen LogP contribution in [0, 0.1) is 28.6 Å². The first-order chi connectivity index (χ1) is 9.28. The lowest BCUT2D eigenvalue weighted by molar-refractivity contribution is -0.140. The molecule has 0 radical (unpaired) electrons. The normalized spacial score (nSPS) is 22.7. The number of hydrogen-bond donors (Lipinski definition) is 2. The van der Waals surface area contributed by atoms with Crippen LogP contribution < -0.4 is 5.32 Å². The number of halogens is 1. The third-order valence-electron chi connectivity index (χ3n) is 3.74. The van der Waals surface area contributed by atoms with Crippen molar-refractivity contribution < 1.29 is 14.7 Å². The molecule has 104 valence electrons. The molecule has 0 saturated heterocycles. The summed E-state index contributed by atoms with van der Waals surface area (Å²) in [6.45, 7) is 3.51. The first kappa shape index (κ1) is 14.5. The number of nitriles is 1. The number of carbonyl (C=O) groups is 2. The highest BCUT2D eigenvalue weighted by Crippen LogP contribution is 2.58. The standard InChI is InChI=1S/C14H13BrN2O3/c1-14(2)10(11(14)13(19)20)12(18)17-9-4-3-8(15)5-7(9)6-16/h3-5,10-11H,1-2H3,(H,17,18)(H,19,20)/t10-,11+/m1/s1. The van der Waals surface area contributed by atoms with Gasteiger partial charge >= 0.3 is 5.97 Å². The Morgan fingerprint density at radius 2 is 2.05 bits per heavy atom. The zero-order valence-electron chi connectivity index (χ0n) is 11.0. The summed E-state index contributed by atoms with van der Waals surface area (Å²) in [7, 11) is 0. The number of amides is 1. The van der Waals surface area contributed by atoms with Crippen molar-refractivity contribution in [2.45, 2.75) is 13.8 Å². The van der Waals surface area contributed by atoms with Gasteiger partial charge in [-0.2, -0.15) is 5.26 Å². The fraction of sp³-hybridized carbons (Fsp3) is 0.357. The Balaban J connectivity index is 2.19. The number of carboxylic acids is 1. The SMILES string of the molecule is CC1(C)[C@H](C(=O)O)[C@@H]1C(=O)Nc1ccc(Br)cc1C#N. The molecule has 2 atom stereocenters. The molecular formula is C14H13BrN2O3. The van der Waals surface area contributed by atoms with E-state index >= 15 is 0 Å². The van der Waals surface area contributed by atoms with E-state index in [1.54, 1.807) is 32.0 Å². The van der Waals surface area contributed by atoms with Gasteiger partial charge < -0.3 is 10.4 Å². The van der Waals surface area contributed by atoms with Crippen LogP contribution in [-0.2, 0) is 9.59 Å². The number of carboxylic acid groups (broad SMARTS) is 1. The van der Waals surface area contributed by atoms with Crippen molar-refractivity contribution in [1.82, 2.24) is 0 Å². The molecule has 2 N–H and O–H groups in total. The molecule has 0 unspecified atom stereocenters. The van der Waals surface area contributed by atoms with Gasteiger partial charge in [0.2, 0.25) is 5.91 Å². The highest BCUT2D eigenvalue weighted by atomic mass is 79.9. The molecule has 0 spiro atoms. The van der Waals surface area contributed by atoms with Gasteiger partial charge in [0.05, 0.1) is 23.1 Å². The van der Waals surface area contributed by atoms with E-state index in [2.05, 4.69) is 21.2 Å². The van der Waals surface area contributed by atoms with E-state index < -0.39 is 23.2 Å². The summed E-state index contributed by atoms with van der Waals surface area (Å²) in [5.41, 5.74) is 0.170. The number of aliphatic carboxylic acids is 1. The molecule has 1 aliphatic carbocycles. The third kappa shape index (κ3) is 2.41. The minimum atomic E-state index is -0.966. The molecule has 0 heterocycles. The van der Waals surface area contributed by atoms with Crippen LogP contribution in [0.2, 0.25) is 0 Å². The average molecular weight is 337 g/mol. The fourth-order valence-electron chi connectivity index (χ4n) is 2.52. The quantitative estimate of drug-likeness (QED) is 0.887. The second-order valence-corrected chi connectivity index (χ2v) is 6.32. The lowest BCUT2D eigenvalue weighted by Crippen LogP contribution is -2.18. The van der Waals surface area contributed by atoms with Crippen LogP contribution in [0.4, 0.5) is 5.69 Å². The predicted octanol–water partition coefficient (Wildman–Crippen LogP) is 2.62. The largest absolute Gasteiger partial charge is 0.481 e. The number of nitrogens with one attached hydrogen (secondary N) is 1. The molecule has 1 aromatic carbocycles. The maximum atomic E-state index is 12.2. The zero-order chi connectivity index (χ0) is 15.1. The van der Waals surface area contributed by atoms with Crippen LogP contribution in [0.1, 0.15) is 19.4 Å². The summed E-state index contributed by atoms with van der Waals surface area (Å²) in [5, 5.41) is 20.8. The Morgan fingerprint density at radius 1 is 1.40 bits per heavy atom. The lowest BCUT2D eigenvalue weighted by atomic mass is 10.1. The molecule has 1 saturated carbocycles. The van der Waals surface area contributed by atoms with E-state index in [0.29, 0.717) is 11.3 Å². The molecule has 1 aromatic rings. The van der Waals surface area contributed by atoms with E-state index in [4.69, 9.17) is 10.4 Å². The van der Waals surface area contributed by atoms with E-state index in [9.17, 15) is 9.59 Å². The summed E-state index contributed by atoms with van der Waals surface area (Å²) >= 11 is 3.25. The summed E-state index contributed by atoms with van der Waals surface area (Å²) in [4.78, 5) is 23.2. The molecular weight excluding hydrogens is 324 g/mol. The van der Waals surface area contributed by atoms with Crippen molar-refractivity contribution in [3.8, 4) is 6.07 Å². The van der Waals surface area contributed by atoms with E-state index in [-0.39, 0.29) is 5.91 Å². The Hall–Kier alpha value is -1.87. The third-order valence-corrected chi connectivity index (χ3v) is 4.23. The van der Waals surface area contributed by atoms with Gasteiger partial charge in [0, 0.05) is 4.47 Å². The van der Waals surface area contributed by atoms with Gasteiger partial charge in [0.25, 0.3) is 0 Å². The second kappa shape index (κ2) is 4.91. The Morgan fingerprint density at radius 3 is 2.55 bits per heavy atom. The predicted molar refractivity (Wildman–Crippen MR) is 75.9 cm³/mol. The molecule has 0 bridgehead atoms. The molecule has 0 aromatic heterocycles. The maximum Gasteiger partial charge on any atom is 0.307 e. The summed E-state index contributed by atoms with van der Waals surface area (Å²) < 4.78 is 0.738. The van der Waals surface area contributed by atoms with E-state index in [1.165, 1.54) is 0 Å². The number of hydrogen-bond acceptors (Lipinski definition) is 3. The van der Waals surface area contributed by atoms with Gasteiger partial charge in [-0.25, -0.2) is 0 Å². The molecule has 1 amide bonds. The van der Waals surface area contributed by atoms with Crippen molar-refractivity contribution in [2.24, 2.45) is 17.3 Å². The number of carbonyl (C=O) groups excluding carboxylic acids is 1. The smallest absolute Gasteiger partial charge is 0.307 e. The Kier molecular flexibility index (Phi) is 3.57. The van der Waals surface area contributed by atoms with Crippen LogP contribution in [0.25, 0.3) is 0 Å². The number of nitrogens with zero attached hydrogens (tertiary/aromatic N) is 1. The Bertz CT molecular complexity index is 634. The van der Waals surface area contributed by atoms with Gasteiger partial charge in [0.15, 0.2) is 0 Å². The van der Waals surface area contributed by atoms with Crippen molar-refractivity contribution in [1.29, 1.82) is 5.26 Å². The molecule has 1 fully saturated rings. The van der Waals surface area contributed by atoms with E-state index in [0.717, 1.165) is 4.47 Å². The summed E-state index contributed by atoms with van der Waals surface area (Å²) in [6.07, 6.45) is 0. The van der Waals surface area contributed by atoms with Crippen LogP contribution in [-0.4, -0.2) is 17.0 Å². The van der Waals surface area contributed by atoms with Crippen molar-refractivity contribution >= 4 is 33.5 Å². The highest BCUT2D eigenvalue weighted by molar-refractivity contribution is 9.10. The maximum absolute atomic E-state index is 12.2. The van der Waals surface area contributed by atoms with Crippen LogP contribution in [0.5, 0.6) is 0 Å². The minimum absolute atomic E-state index is 0.332.